The Kier molecular flexibility index (Phi) is 7.23. The second kappa shape index (κ2) is 10.5. The average molecular weight is 475 g/mol. The van der Waals surface area contributed by atoms with Gasteiger partial charge in [-0.2, -0.15) is 0 Å². The number of amides is 1. The Balaban J connectivity index is 1.42. The van der Waals surface area contributed by atoms with Crippen LogP contribution in [0.15, 0.2) is 82.1 Å². The lowest BCUT2D eigenvalue weighted by Crippen LogP contribution is -2.22. The van der Waals surface area contributed by atoms with Crippen molar-refractivity contribution in [1.29, 1.82) is 0 Å². The van der Waals surface area contributed by atoms with Crippen molar-refractivity contribution in [3.8, 4) is 17.2 Å². The molecule has 1 atom stereocenters. The zero-order valence-corrected chi connectivity index (χ0v) is 20.1. The van der Waals surface area contributed by atoms with Crippen LogP contribution in [0.1, 0.15) is 32.9 Å². The molecule has 0 bridgehead atoms. The molecule has 4 aromatic rings. The van der Waals surface area contributed by atoms with E-state index in [1.165, 1.54) is 0 Å². The van der Waals surface area contributed by atoms with Gasteiger partial charge in [0, 0.05) is 28.1 Å². The molecule has 1 N–H and O–H groups in total. The molecule has 174 valence electrons. The SMILES string of the molecule is COc1ccccc1CNC(=O)c1ccc(-c2nc(C[S@@](=O)c3ccc(C)cc3)c(C)o2)cc1. The molecule has 6 nitrogen and oxygen atoms in total. The lowest BCUT2D eigenvalue weighted by molar-refractivity contribution is 0.0950. The fraction of sp³-hybridized carbons (Fsp3) is 0.185. The van der Waals surface area contributed by atoms with E-state index in [1.807, 2.05) is 62.4 Å². The fourth-order valence-electron chi connectivity index (χ4n) is 3.47. The maximum Gasteiger partial charge on any atom is 0.251 e. The number of benzene rings is 3. The zero-order chi connectivity index (χ0) is 24.1. The van der Waals surface area contributed by atoms with Crippen molar-refractivity contribution in [3.05, 3.63) is 101 Å². The number of aryl methyl sites for hydroxylation is 2. The molecule has 1 aromatic heterocycles. The van der Waals surface area contributed by atoms with Crippen LogP contribution in [-0.4, -0.2) is 22.2 Å². The molecule has 4 rings (SSSR count). The summed E-state index contributed by atoms with van der Waals surface area (Å²) in [6, 6.07) is 22.3. The normalized spacial score (nSPS) is 11.7. The summed E-state index contributed by atoms with van der Waals surface area (Å²) in [4.78, 5) is 17.9. The van der Waals surface area contributed by atoms with Crippen molar-refractivity contribution in [2.75, 3.05) is 7.11 Å². The van der Waals surface area contributed by atoms with Gasteiger partial charge in [-0.3, -0.25) is 9.00 Å². The number of nitrogens with zero attached hydrogens (tertiary/aromatic N) is 1. The van der Waals surface area contributed by atoms with Crippen LogP contribution in [0.2, 0.25) is 0 Å². The number of hydrogen-bond acceptors (Lipinski definition) is 5. The fourth-order valence-corrected chi connectivity index (χ4v) is 4.60. The van der Waals surface area contributed by atoms with E-state index in [1.54, 1.807) is 31.4 Å². The number of aromatic nitrogens is 1. The van der Waals surface area contributed by atoms with Crippen LogP contribution in [0.5, 0.6) is 5.75 Å². The second-order valence-corrected chi connectivity index (χ2v) is 9.35. The highest BCUT2D eigenvalue weighted by atomic mass is 32.2. The predicted molar refractivity (Wildman–Crippen MR) is 132 cm³/mol. The predicted octanol–water partition coefficient (Wildman–Crippen LogP) is 5.20. The molecule has 0 radical (unpaired) electrons. The van der Waals surface area contributed by atoms with Crippen LogP contribution in [-0.2, 0) is 23.1 Å². The molecule has 0 saturated heterocycles. The van der Waals surface area contributed by atoms with E-state index >= 15 is 0 Å². The first kappa shape index (κ1) is 23.4. The molecule has 0 unspecified atom stereocenters. The third kappa shape index (κ3) is 5.43. The van der Waals surface area contributed by atoms with Gasteiger partial charge >= 0.3 is 0 Å². The molecule has 0 fully saturated rings. The molecule has 1 heterocycles. The maximum absolute atomic E-state index is 12.7. The lowest BCUT2D eigenvalue weighted by Gasteiger charge is -2.09. The minimum absolute atomic E-state index is 0.185. The quantitative estimate of drug-likeness (QED) is 0.379. The van der Waals surface area contributed by atoms with Gasteiger partial charge in [0.1, 0.15) is 11.5 Å². The highest BCUT2D eigenvalue weighted by molar-refractivity contribution is 7.84. The topological polar surface area (TPSA) is 81.4 Å². The smallest absolute Gasteiger partial charge is 0.251 e. The monoisotopic (exact) mass is 474 g/mol. The number of oxazole rings is 1. The van der Waals surface area contributed by atoms with Gasteiger partial charge in [0.25, 0.3) is 5.91 Å². The molecular weight excluding hydrogens is 448 g/mol. The molecule has 7 heteroatoms. The van der Waals surface area contributed by atoms with E-state index in [0.717, 1.165) is 27.3 Å². The van der Waals surface area contributed by atoms with Gasteiger partial charge < -0.3 is 14.5 Å². The van der Waals surface area contributed by atoms with Gasteiger partial charge in [-0.15, -0.1) is 0 Å². The summed E-state index contributed by atoms with van der Waals surface area (Å²) in [5.74, 6) is 1.90. The number of carbonyl (C=O) groups is 1. The summed E-state index contributed by atoms with van der Waals surface area (Å²) >= 11 is 0. The highest BCUT2D eigenvalue weighted by Gasteiger charge is 2.16. The molecule has 0 aliphatic carbocycles. The standard InChI is InChI=1S/C27H26N2O4S/c1-18-8-14-23(15-9-18)34(31)17-24-19(2)33-27(29-24)21-12-10-20(11-13-21)26(30)28-16-22-6-4-5-7-25(22)32-3/h4-15H,16-17H2,1-3H3,(H,28,30)/t34-/m1/s1. The van der Waals surface area contributed by atoms with Crippen molar-refractivity contribution in [1.82, 2.24) is 10.3 Å². The Labute approximate surface area is 201 Å². The molecule has 0 spiro atoms. The van der Waals surface area contributed by atoms with Gasteiger partial charge in [-0.1, -0.05) is 35.9 Å². The van der Waals surface area contributed by atoms with E-state index in [9.17, 15) is 9.00 Å². The summed E-state index contributed by atoms with van der Waals surface area (Å²) in [6.07, 6.45) is 0. The van der Waals surface area contributed by atoms with Crippen molar-refractivity contribution in [2.24, 2.45) is 0 Å². The van der Waals surface area contributed by atoms with Crippen molar-refractivity contribution >= 4 is 16.7 Å². The number of para-hydroxylation sites is 1. The van der Waals surface area contributed by atoms with Crippen LogP contribution in [0.4, 0.5) is 0 Å². The zero-order valence-electron chi connectivity index (χ0n) is 19.3. The largest absolute Gasteiger partial charge is 0.496 e. The van der Waals surface area contributed by atoms with E-state index in [0.29, 0.717) is 29.5 Å². The van der Waals surface area contributed by atoms with Crippen LogP contribution in [0.25, 0.3) is 11.5 Å². The Hall–Kier alpha value is -3.71. The summed E-state index contributed by atoms with van der Waals surface area (Å²) in [7, 11) is 0.395. The van der Waals surface area contributed by atoms with E-state index in [4.69, 9.17) is 9.15 Å². The van der Waals surface area contributed by atoms with Crippen LogP contribution in [0, 0.1) is 13.8 Å². The molecule has 1 amide bonds. The van der Waals surface area contributed by atoms with Crippen LogP contribution in [0.3, 0.4) is 0 Å². The third-order valence-corrected chi connectivity index (χ3v) is 6.80. The van der Waals surface area contributed by atoms with E-state index < -0.39 is 10.8 Å². The summed E-state index contributed by atoms with van der Waals surface area (Å²) in [6.45, 7) is 4.18. The minimum Gasteiger partial charge on any atom is -0.496 e. The molecule has 34 heavy (non-hydrogen) atoms. The summed E-state index contributed by atoms with van der Waals surface area (Å²) < 4.78 is 23.9. The summed E-state index contributed by atoms with van der Waals surface area (Å²) in [5.41, 5.74) is 3.96. The van der Waals surface area contributed by atoms with E-state index in [2.05, 4.69) is 10.3 Å². The van der Waals surface area contributed by atoms with E-state index in [-0.39, 0.29) is 11.7 Å². The third-order valence-electron chi connectivity index (χ3n) is 5.47. The summed E-state index contributed by atoms with van der Waals surface area (Å²) in [5, 5.41) is 2.91. The van der Waals surface area contributed by atoms with Crippen LogP contribution < -0.4 is 10.1 Å². The first-order valence-corrected chi connectivity index (χ1v) is 12.2. The van der Waals surface area contributed by atoms with Gasteiger partial charge in [-0.25, -0.2) is 4.98 Å². The van der Waals surface area contributed by atoms with Gasteiger partial charge in [-0.05, 0) is 56.3 Å². The van der Waals surface area contributed by atoms with Gasteiger partial charge in [0.2, 0.25) is 5.89 Å². The number of methoxy groups -OCH3 is 1. The number of ether oxygens (including phenoxy) is 1. The van der Waals surface area contributed by atoms with Gasteiger partial charge in [0.05, 0.1) is 29.4 Å². The van der Waals surface area contributed by atoms with Crippen molar-refractivity contribution in [3.63, 3.8) is 0 Å². The number of carbonyl (C=O) groups excluding carboxylic acids is 1. The minimum atomic E-state index is -1.21. The first-order chi connectivity index (χ1) is 16.4. The lowest BCUT2D eigenvalue weighted by atomic mass is 10.1. The Bertz CT molecular complexity index is 1310. The van der Waals surface area contributed by atoms with Gasteiger partial charge in [0.15, 0.2) is 0 Å². The second-order valence-electron chi connectivity index (χ2n) is 7.90. The van der Waals surface area contributed by atoms with Crippen molar-refractivity contribution in [2.45, 2.75) is 31.0 Å². The molecule has 0 saturated carbocycles. The Morgan fingerprint density at radius 2 is 1.71 bits per heavy atom. The molecule has 0 aliphatic heterocycles. The number of hydrogen-bond donors (Lipinski definition) is 1. The Morgan fingerprint density at radius 3 is 2.41 bits per heavy atom. The maximum atomic E-state index is 12.7. The Morgan fingerprint density at radius 1 is 1.00 bits per heavy atom. The number of rotatable bonds is 8. The van der Waals surface area contributed by atoms with Crippen LogP contribution >= 0.6 is 0 Å². The first-order valence-electron chi connectivity index (χ1n) is 10.9. The van der Waals surface area contributed by atoms with Crippen molar-refractivity contribution < 1.29 is 18.2 Å². The number of nitrogens with one attached hydrogen (secondary N) is 1. The molecule has 0 aliphatic rings. The molecule has 3 aromatic carbocycles. The average Bonchev–Trinajstić information content (AvgIpc) is 3.23. The highest BCUT2D eigenvalue weighted by Crippen LogP contribution is 2.24. The molecular formula is C27H26N2O4S.